The number of hydrogen-bond acceptors (Lipinski definition) is 8. The van der Waals surface area contributed by atoms with E-state index in [9.17, 15) is 24.3 Å². The van der Waals surface area contributed by atoms with Crippen LogP contribution in [0, 0.1) is 41.4 Å². The summed E-state index contributed by atoms with van der Waals surface area (Å²) in [6.07, 6.45) is 6.43. The van der Waals surface area contributed by atoms with E-state index in [1.54, 1.807) is 6.92 Å². The Morgan fingerprint density at radius 2 is 2.05 bits per heavy atom. The van der Waals surface area contributed by atoms with Crippen LogP contribution in [0.5, 0.6) is 0 Å². The second-order valence-corrected chi connectivity index (χ2v) is 13.5. The average molecular weight is 582 g/mol. The zero-order chi connectivity index (χ0) is 30.0. The fourth-order valence-corrected chi connectivity index (χ4v) is 9.36. The van der Waals surface area contributed by atoms with E-state index in [1.165, 1.54) is 16.3 Å². The van der Waals surface area contributed by atoms with Crippen molar-refractivity contribution in [1.29, 1.82) is 0 Å². The molecule has 1 aromatic rings. The minimum absolute atomic E-state index is 0.0758. The van der Waals surface area contributed by atoms with Crippen LogP contribution < -0.4 is 11.2 Å². The van der Waals surface area contributed by atoms with Gasteiger partial charge in [0.15, 0.2) is 5.78 Å². The number of aryl methyl sites for hydroxylation is 1. The molecule has 2 N–H and O–H groups in total. The number of aliphatic hydroxyl groups is 1. The van der Waals surface area contributed by atoms with Gasteiger partial charge in [-0.25, -0.2) is 4.79 Å². The number of aromatic nitrogens is 2. The Morgan fingerprint density at radius 1 is 1.26 bits per heavy atom. The van der Waals surface area contributed by atoms with Gasteiger partial charge in [0.25, 0.3) is 5.56 Å². The summed E-state index contributed by atoms with van der Waals surface area (Å²) in [5.74, 6) is 0.0838. The standard InChI is InChI=1S/C30H39N5O7/c1-15-13-35(28(40)32-26(15)38)24-11-21(33-34-31)23(42-24)14-41-27(39)20-7-6-19-18-5-4-16-10-17(36)8-9-29(16,2)25(18)22(37)12-30(19,20)3/h10,13,18-25,37H,4-9,11-12,14H2,1-3H3,(H,32,38,40). The summed E-state index contributed by atoms with van der Waals surface area (Å²) in [6, 6.07) is -0.663. The van der Waals surface area contributed by atoms with Gasteiger partial charge in [-0.1, -0.05) is 24.5 Å². The molecule has 0 aromatic carbocycles. The zero-order valence-electron chi connectivity index (χ0n) is 24.3. The van der Waals surface area contributed by atoms with E-state index in [-0.39, 0.29) is 53.9 Å². The number of hydrogen-bond donors (Lipinski definition) is 2. The fourth-order valence-electron chi connectivity index (χ4n) is 9.36. The van der Waals surface area contributed by atoms with Crippen molar-refractivity contribution >= 4 is 11.8 Å². The highest BCUT2D eigenvalue weighted by Crippen LogP contribution is 2.66. The average Bonchev–Trinajstić information content (AvgIpc) is 3.50. The lowest BCUT2D eigenvalue weighted by Gasteiger charge is -2.59. The fraction of sp³-hybridized carbons (Fsp3) is 0.733. The lowest BCUT2D eigenvalue weighted by molar-refractivity contribution is -0.167. The largest absolute Gasteiger partial charge is 0.463 e. The quantitative estimate of drug-likeness (QED) is 0.231. The van der Waals surface area contributed by atoms with Gasteiger partial charge in [-0.05, 0) is 85.6 Å². The van der Waals surface area contributed by atoms with Crippen LogP contribution in [0.2, 0.25) is 0 Å². The first-order valence-electron chi connectivity index (χ1n) is 15.1. The summed E-state index contributed by atoms with van der Waals surface area (Å²) in [5.41, 5.74) is 8.91. The van der Waals surface area contributed by atoms with Crippen molar-refractivity contribution in [1.82, 2.24) is 9.55 Å². The van der Waals surface area contributed by atoms with Crippen LogP contribution in [-0.4, -0.2) is 51.3 Å². The van der Waals surface area contributed by atoms with Gasteiger partial charge >= 0.3 is 11.7 Å². The van der Waals surface area contributed by atoms with E-state index < -0.39 is 41.1 Å². The molecule has 6 rings (SSSR count). The van der Waals surface area contributed by atoms with Gasteiger partial charge < -0.3 is 14.6 Å². The topological polar surface area (TPSA) is 176 Å². The van der Waals surface area contributed by atoms with E-state index in [0.29, 0.717) is 24.8 Å². The Kier molecular flexibility index (Phi) is 7.22. The molecular weight excluding hydrogens is 542 g/mol. The number of nitrogens with zero attached hydrogens (tertiary/aromatic N) is 4. The first-order chi connectivity index (χ1) is 20.0. The third-order valence-corrected chi connectivity index (χ3v) is 11.4. The molecule has 5 aliphatic rings. The molecule has 0 spiro atoms. The first kappa shape index (κ1) is 28.9. The first-order valence-corrected chi connectivity index (χ1v) is 15.1. The zero-order valence-corrected chi connectivity index (χ0v) is 24.3. The van der Waals surface area contributed by atoms with Crippen molar-refractivity contribution in [3.05, 3.63) is 54.7 Å². The van der Waals surface area contributed by atoms with Crippen LogP contribution in [0.1, 0.15) is 77.0 Å². The predicted molar refractivity (Wildman–Crippen MR) is 150 cm³/mol. The lowest BCUT2D eigenvalue weighted by Crippen LogP contribution is -2.57. The number of ketones is 1. The van der Waals surface area contributed by atoms with Crippen molar-refractivity contribution in [3.63, 3.8) is 0 Å². The number of carbonyl (C=O) groups excluding carboxylic acids is 2. The summed E-state index contributed by atoms with van der Waals surface area (Å²) in [4.78, 5) is 55.1. The third kappa shape index (κ3) is 4.55. The van der Waals surface area contributed by atoms with Gasteiger partial charge in [-0.2, -0.15) is 0 Å². The van der Waals surface area contributed by atoms with Crippen molar-refractivity contribution < 1.29 is 24.2 Å². The summed E-state index contributed by atoms with van der Waals surface area (Å²) < 4.78 is 13.1. The highest BCUT2D eigenvalue weighted by molar-refractivity contribution is 5.91. The molecule has 10 unspecified atom stereocenters. The van der Waals surface area contributed by atoms with Crippen molar-refractivity contribution in [2.24, 2.45) is 39.6 Å². The minimum Gasteiger partial charge on any atom is -0.463 e. The van der Waals surface area contributed by atoms with Crippen LogP contribution >= 0.6 is 0 Å². The summed E-state index contributed by atoms with van der Waals surface area (Å²) in [7, 11) is 0. The van der Waals surface area contributed by atoms with Crippen LogP contribution in [0.15, 0.2) is 32.5 Å². The number of ether oxygens (including phenoxy) is 2. The smallest absolute Gasteiger partial charge is 0.330 e. The molecule has 1 aromatic heterocycles. The lowest BCUT2D eigenvalue weighted by atomic mass is 9.46. The molecule has 4 fully saturated rings. The molecule has 0 amide bonds. The monoisotopic (exact) mass is 581 g/mol. The van der Waals surface area contributed by atoms with Gasteiger partial charge in [-0.3, -0.25) is 23.9 Å². The molecule has 4 aliphatic carbocycles. The second-order valence-electron chi connectivity index (χ2n) is 13.5. The number of esters is 1. The Balaban J connectivity index is 1.16. The maximum atomic E-state index is 13.6. The number of carbonyl (C=O) groups is 2. The molecule has 1 aliphatic heterocycles. The molecule has 42 heavy (non-hydrogen) atoms. The van der Waals surface area contributed by atoms with Crippen molar-refractivity contribution in [2.45, 2.75) is 96.6 Å². The maximum absolute atomic E-state index is 13.6. The highest BCUT2D eigenvalue weighted by atomic mass is 16.6. The minimum atomic E-state index is -0.784. The second kappa shape index (κ2) is 10.5. The third-order valence-electron chi connectivity index (χ3n) is 11.4. The van der Waals surface area contributed by atoms with E-state index in [2.05, 4.69) is 28.9 Å². The van der Waals surface area contributed by atoms with Gasteiger partial charge in [-0.15, -0.1) is 0 Å². The van der Waals surface area contributed by atoms with Crippen LogP contribution in [0.25, 0.3) is 10.4 Å². The molecule has 2 heterocycles. The van der Waals surface area contributed by atoms with Crippen LogP contribution in [-0.2, 0) is 19.1 Å². The normalized spacial score (nSPS) is 40.8. The maximum Gasteiger partial charge on any atom is 0.330 e. The SMILES string of the molecule is Cc1cn(C2CC(N=[N+]=[N-])C(COC(=O)C3CCC4C5CCC6=CC(=O)CCC6(C)C5C(O)CC34C)O2)c(=O)[nH]c1=O. The number of aromatic amines is 1. The van der Waals surface area contributed by atoms with Gasteiger partial charge in [0, 0.05) is 29.5 Å². The highest BCUT2D eigenvalue weighted by Gasteiger charge is 2.63. The van der Waals surface area contributed by atoms with Gasteiger partial charge in [0.05, 0.1) is 18.1 Å². The molecule has 226 valence electrons. The number of aliphatic hydroxyl groups excluding tert-OH is 1. The molecule has 3 saturated carbocycles. The number of allylic oxidation sites excluding steroid dienone is 1. The summed E-state index contributed by atoms with van der Waals surface area (Å²) in [6.45, 7) is 5.77. The summed E-state index contributed by atoms with van der Waals surface area (Å²) in [5, 5.41) is 15.4. The number of azide groups is 1. The van der Waals surface area contributed by atoms with Crippen molar-refractivity contribution in [3.8, 4) is 0 Å². The number of rotatable bonds is 5. The van der Waals surface area contributed by atoms with E-state index in [1.807, 2.05) is 6.08 Å². The van der Waals surface area contributed by atoms with E-state index in [4.69, 9.17) is 15.0 Å². The Labute approximate surface area is 243 Å². The number of fused-ring (bicyclic) bond motifs is 5. The predicted octanol–water partition coefficient (Wildman–Crippen LogP) is 3.47. The molecule has 0 radical (unpaired) electrons. The van der Waals surface area contributed by atoms with Crippen molar-refractivity contribution in [2.75, 3.05) is 6.61 Å². The van der Waals surface area contributed by atoms with E-state index >= 15 is 0 Å². The summed E-state index contributed by atoms with van der Waals surface area (Å²) >= 11 is 0. The van der Waals surface area contributed by atoms with Gasteiger partial charge in [0.2, 0.25) is 0 Å². The molecule has 12 nitrogen and oxygen atoms in total. The van der Waals surface area contributed by atoms with Crippen LogP contribution in [0.4, 0.5) is 0 Å². The van der Waals surface area contributed by atoms with Crippen LogP contribution in [0.3, 0.4) is 0 Å². The van der Waals surface area contributed by atoms with E-state index in [0.717, 1.165) is 25.7 Å². The Morgan fingerprint density at radius 3 is 2.81 bits per heavy atom. The molecule has 1 saturated heterocycles. The number of nitrogens with one attached hydrogen (secondary N) is 1. The van der Waals surface area contributed by atoms with Gasteiger partial charge in [0.1, 0.15) is 18.9 Å². The molecule has 12 heteroatoms. The Hall–Kier alpha value is -3.21. The molecule has 10 atom stereocenters. The molecule has 0 bridgehead atoms. The molecular formula is C30H39N5O7. The number of H-pyrrole nitrogens is 1. The Bertz CT molecular complexity index is 1490.